The van der Waals surface area contributed by atoms with Crippen LogP contribution >= 0.6 is 0 Å². The van der Waals surface area contributed by atoms with E-state index in [0.717, 1.165) is 0 Å². The first-order chi connectivity index (χ1) is 12.1. The highest BCUT2D eigenvalue weighted by molar-refractivity contribution is 7.89. The van der Waals surface area contributed by atoms with Crippen molar-refractivity contribution in [3.63, 3.8) is 0 Å². The van der Waals surface area contributed by atoms with Crippen LogP contribution in [0.4, 0.5) is 11.4 Å². The van der Waals surface area contributed by atoms with Crippen LogP contribution in [0.5, 0.6) is 0 Å². The zero-order chi connectivity index (χ0) is 19.5. The van der Waals surface area contributed by atoms with Crippen LogP contribution in [0.2, 0.25) is 0 Å². The summed E-state index contributed by atoms with van der Waals surface area (Å²) in [7, 11) is -3.48. The molecule has 26 heavy (non-hydrogen) atoms. The Kier molecular flexibility index (Phi) is 6.17. The maximum absolute atomic E-state index is 12.5. The Balaban J connectivity index is 2.08. The maximum Gasteiger partial charge on any atom is 0.275 e. The fraction of sp³-hybridized carbons (Fsp3) is 0.562. The SMILES string of the molecule is Cc1c(NCCS(=O)(=O)N2CC(C)OC(C)C2)cc(C#N)cc1[N+](=O)[O-]. The second-order valence-corrected chi connectivity index (χ2v) is 8.44. The minimum atomic E-state index is -3.48. The molecule has 1 aromatic rings. The minimum absolute atomic E-state index is 0.0787. The van der Waals surface area contributed by atoms with Crippen LogP contribution in [-0.4, -0.2) is 55.2 Å². The third-order valence-electron chi connectivity index (χ3n) is 4.16. The number of hydrogen-bond donors (Lipinski definition) is 1. The first kappa shape index (κ1) is 20.1. The van der Waals surface area contributed by atoms with Crippen molar-refractivity contribution in [1.29, 1.82) is 5.26 Å². The fourth-order valence-electron chi connectivity index (χ4n) is 2.94. The molecule has 2 atom stereocenters. The molecular formula is C16H22N4O5S. The molecule has 0 aliphatic carbocycles. The first-order valence-corrected chi connectivity index (χ1v) is 9.81. The molecule has 1 aliphatic rings. The number of morpholine rings is 1. The molecule has 10 heteroatoms. The van der Waals surface area contributed by atoms with Gasteiger partial charge < -0.3 is 10.1 Å². The lowest BCUT2D eigenvalue weighted by molar-refractivity contribution is -0.385. The van der Waals surface area contributed by atoms with Gasteiger partial charge in [-0.15, -0.1) is 0 Å². The monoisotopic (exact) mass is 382 g/mol. The van der Waals surface area contributed by atoms with Crippen molar-refractivity contribution in [2.24, 2.45) is 0 Å². The molecule has 142 valence electrons. The van der Waals surface area contributed by atoms with Crippen molar-refractivity contribution in [3.8, 4) is 6.07 Å². The van der Waals surface area contributed by atoms with Crippen molar-refractivity contribution >= 4 is 21.4 Å². The van der Waals surface area contributed by atoms with E-state index < -0.39 is 14.9 Å². The van der Waals surface area contributed by atoms with Crippen LogP contribution < -0.4 is 5.32 Å². The van der Waals surface area contributed by atoms with Crippen molar-refractivity contribution < 1.29 is 18.1 Å². The standard InChI is InChI=1S/C16H22N4O5S/c1-11-9-19(10-12(2)25-11)26(23,24)5-4-18-15-6-14(8-17)7-16(13(15)3)20(21)22/h6-7,11-12,18H,4-5,9-10H2,1-3H3. The highest BCUT2D eigenvalue weighted by Crippen LogP contribution is 2.27. The highest BCUT2D eigenvalue weighted by atomic mass is 32.2. The summed E-state index contributed by atoms with van der Waals surface area (Å²) in [5.74, 6) is -0.156. The van der Waals surface area contributed by atoms with Crippen LogP contribution in [-0.2, 0) is 14.8 Å². The van der Waals surface area contributed by atoms with Gasteiger partial charge in [0.15, 0.2) is 0 Å². The molecule has 1 heterocycles. The Morgan fingerprint density at radius 1 is 1.38 bits per heavy atom. The lowest BCUT2D eigenvalue weighted by Gasteiger charge is -2.34. The van der Waals surface area contributed by atoms with Gasteiger partial charge in [0.05, 0.1) is 34.5 Å². The fourth-order valence-corrected chi connectivity index (χ4v) is 4.43. The van der Waals surface area contributed by atoms with Crippen LogP contribution in [0.15, 0.2) is 12.1 Å². The van der Waals surface area contributed by atoms with Crippen LogP contribution in [0.25, 0.3) is 0 Å². The van der Waals surface area contributed by atoms with Gasteiger partial charge >= 0.3 is 0 Å². The van der Waals surface area contributed by atoms with Crippen LogP contribution in [0.1, 0.15) is 25.0 Å². The summed E-state index contributed by atoms with van der Waals surface area (Å²) in [6.07, 6.45) is -0.336. The van der Waals surface area contributed by atoms with E-state index >= 15 is 0 Å². The van der Waals surface area contributed by atoms with E-state index in [-0.39, 0.29) is 35.8 Å². The summed E-state index contributed by atoms with van der Waals surface area (Å²) in [5.41, 5.74) is 0.711. The average molecular weight is 382 g/mol. The van der Waals surface area contributed by atoms with Gasteiger partial charge in [0.1, 0.15) is 0 Å². The number of sulfonamides is 1. The largest absolute Gasteiger partial charge is 0.384 e. The molecule has 1 N–H and O–H groups in total. The van der Waals surface area contributed by atoms with E-state index in [4.69, 9.17) is 10.00 Å². The van der Waals surface area contributed by atoms with Gasteiger partial charge in [-0.25, -0.2) is 8.42 Å². The van der Waals surface area contributed by atoms with E-state index in [2.05, 4.69) is 5.32 Å². The normalized spacial score (nSPS) is 21.2. The first-order valence-electron chi connectivity index (χ1n) is 8.20. The molecule has 9 nitrogen and oxygen atoms in total. The predicted molar refractivity (Wildman–Crippen MR) is 96.4 cm³/mol. The lowest BCUT2D eigenvalue weighted by Crippen LogP contribution is -2.49. The van der Waals surface area contributed by atoms with E-state index in [1.54, 1.807) is 6.92 Å². The number of rotatable bonds is 6. The number of nitro benzene ring substituents is 1. The number of hydrogen-bond acceptors (Lipinski definition) is 7. The van der Waals surface area contributed by atoms with Gasteiger partial charge in [0.25, 0.3) is 5.69 Å². The molecule has 0 aromatic heterocycles. The van der Waals surface area contributed by atoms with Gasteiger partial charge in [0.2, 0.25) is 10.0 Å². The van der Waals surface area contributed by atoms with Crippen molar-refractivity contribution in [2.75, 3.05) is 30.7 Å². The number of nitrogens with one attached hydrogen (secondary N) is 1. The second kappa shape index (κ2) is 7.99. The highest BCUT2D eigenvalue weighted by Gasteiger charge is 2.30. The Morgan fingerprint density at radius 3 is 2.54 bits per heavy atom. The Hall–Kier alpha value is -2.22. The Labute approximate surface area is 152 Å². The zero-order valence-electron chi connectivity index (χ0n) is 14.9. The topological polar surface area (TPSA) is 126 Å². The molecule has 0 saturated carbocycles. The van der Waals surface area contributed by atoms with Crippen LogP contribution in [0, 0.1) is 28.4 Å². The third-order valence-corrected chi connectivity index (χ3v) is 5.97. The lowest BCUT2D eigenvalue weighted by atomic mass is 10.1. The smallest absolute Gasteiger partial charge is 0.275 e. The molecule has 1 aromatic carbocycles. The van der Waals surface area contributed by atoms with E-state index in [0.29, 0.717) is 24.3 Å². The Morgan fingerprint density at radius 2 is 2.00 bits per heavy atom. The molecule has 1 fully saturated rings. The predicted octanol–water partition coefficient (Wildman–Crippen LogP) is 1.63. The molecular weight excluding hydrogens is 360 g/mol. The summed E-state index contributed by atoms with van der Waals surface area (Å²) in [4.78, 5) is 10.5. The third kappa shape index (κ3) is 4.69. The molecule has 0 radical (unpaired) electrons. The number of benzene rings is 1. The summed E-state index contributed by atoms with van der Waals surface area (Å²) in [6.45, 7) is 5.90. The van der Waals surface area contributed by atoms with Gasteiger partial charge in [-0.05, 0) is 26.8 Å². The molecule has 1 aliphatic heterocycles. The molecule has 0 bridgehead atoms. The van der Waals surface area contributed by atoms with Gasteiger partial charge in [0, 0.05) is 37.0 Å². The van der Waals surface area contributed by atoms with Crippen molar-refractivity contribution in [3.05, 3.63) is 33.4 Å². The van der Waals surface area contributed by atoms with Crippen molar-refractivity contribution in [2.45, 2.75) is 33.0 Å². The number of anilines is 1. The quantitative estimate of drug-likeness (QED) is 0.585. The van der Waals surface area contributed by atoms with E-state index in [1.807, 2.05) is 19.9 Å². The number of ether oxygens (including phenoxy) is 1. The summed E-state index contributed by atoms with van der Waals surface area (Å²) in [6, 6.07) is 4.56. The van der Waals surface area contributed by atoms with Gasteiger partial charge in [-0.3, -0.25) is 10.1 Å². The zero-order valence-corrected chi connectivity index (χ0v) is 15.7. The van der Waals surface area contributed by atoms with Crippen molar-refractivity contribution in [1.82, 2.24) is 4.31 Å². The molecule has 0 amide bonds. The molecule has 1 saturated heterocycles. The molecule has 2 unspecified atom stereocenters. The van der Waals surface area contributed by atoms with E-state index in [9.17, 15) is 18.5 Å². The number of nitro groups is 1. The number of nitrogens with zero attached hydrogens (tertiary/aromatic N) is 3. The van der Waals surface area contributed by atoms with E-state index in [1.165, 1.54) is 16.4 Å². The maximum atomic E-state index is 12.5. The van der Waals surface area contributed by atoms with Gasteiger partial charge in [-0.2, -0.15) is 9.57 Å². The summed E-state index contributed by atoms with van der Waals surface area (Å²) in [5, 5.41) is 23.0. The Bertz CT molecular complexity index is 824. The van der Waals surface area contributed by atoms with Crippen LogP contribution in [0.3, 0.4) is 0 Å². The summed E-state index contributed by atoms with van der Waals surface area (Å²) >= 11 is 0. The van der Waals surface area contributed by atoms with Gasteiger partial charge in [-0.1, -0.05) is 0 Å². The molecule has 0 spiro atoms. The molecule has 2 rings (SSSR count). The average Bonchev–Trinajstić information content (AvgIpc) is 2.55. The minimum Gasteiger partial charge on any atom is -0.384 e. The second-order valence-electron chi connectivity index (χ2n) is 6.35. The summed E-state index contributed by atoms with van der Waals surface area (Å²) < 4.78 is 32.0. The number of nitriles is 1.